The standard InChI is InChI=1S/C19H25N3O2/c1-14-19(15(2)21(3)20-14)17-13-24-12-11-22(17)18(23)10-9-16-7-5-4-6-8-16/h4-8,17H,9-13H2,1-3H3. The van der Waals surface area contributed by atoms with Crippen LogP contribution < -0.4 is 0 Å². The maximum atomic E-state index is 12.8. The smallest absolute Gasteiger partial charge is 0.223 e. The number of morpholine rings is 1. The molecule has 1 aliphatic rings. The van der Waals surface area contributed by atoms with Gasteiger partial charge in [0.1, 0.15) is 0 Å². The predicted molar refractivity (Wildman–Crippen MR) is 92.7 cm³/mol. The van der Waals surface area contributed by atoms with E-state index in [-0.39, 0.29) is 11.9 Å². The molecule has 0 N–H and O–H groups in total. The van der Waals surface area contributed by atoms with Gasteiger partial charge in [0.2, 0.25) is 5.91 Å². The summed E-state index contributed by atoms with van der Waals surface area (Å²) in [7, 11) is 1.94. The minimum absolute atomic E-state index is 0.0317. The second-order valence-electron chi connectivity index (χ2n) is 6.37. The molecule has 0 bridgehead atoms. The predicted octanol–water partition coefficient (Wildman–Crippen LogP) is 2.57. The van der Waals surface area contributed by atoms with Crippen molar-refractivity contribution in [1.82, 2.24) is 14.7 Å². The van der Waals surface area contributed by atoms with Gasteiger partial charge in [-0.3, -0.25) is 9.48 Å². The molecule has 5 heteroatoms. The van der Waals surface area contributed by atoms with Crippen LogP contribution in [0.25, 0.3) is 0 Å². The first-order valence-corrected chi connectivity index (χ1v) is 8.49. The molecule has 0 spiro atoms. The van der Waals surface area contributed by atoms with Gasteiger partial charge in [-0.1, -0.05) is 30.3 Å². The lowest BCUT2D eigenvalue weighted by molar-refractivity contribution is -0.140. The number of aryl methyl sites for hydroxylation is 3. The van der Waals surface area contributed by atoms with E-state index in [1.54, 1.807) is 0 Å². The molecular formula is C19H25N3O2. The van der Waals surface area contributed by atoms with Crippen LogP contribution in [0, 0.1) is 13.8 Å². The molecule has 1 aromatic carbocycles. The topological polar surface area (TPSA) is 47.4 Å². The summed E-state index contributed by atoms with van der Waals surface area (Å²) in [4.78, 5) is 14.8. The normalized spacial score (nSPS) is 18.0. The summed E-state index contributed by atoms with van der Waals surface area (Å²) < 4.78 is 7.55. The van der Waals surface area contributed by atoms with Gasteiger partial charge < -0.3 is 9.64 Å². The third-order valence-corrected chi connectivity index (χ3v) is 4.82. The molecule has 5 nitrogen and oxygen atoms in total. The molecule has 24 heavy (non-hydrogen) atoms. The Labute approximate surface area is 143 Å². The summed E-state index contributed by atoms with van der Waals surface area (Å²) >= 11 is 0. The van der Waals surface area contributed by atoms with Gasteiger partial charge in [-0.05, 0) is 25.8 Å². The highest BCUT2D eigenvalue weighted by Gasteiger charge is 2.32. The van der Waals surface area contributed by atoms with Gasteiger partial charge >= 0.3 is 0 Å². The molecule has 1 aromatic heterocycles. The Bertz CT molecular complexity index is 709. The van der Waals surface area contributed by atoms with Crippen molar-refractivity contribution in [1.29, 1.82) is 0 Å². The molecule has 0 aliphatic carbocycles. The molecule has 1 saturated heterocycles. The number of rotatable bonds is 4. The van der Waals surface area contributed by atoms with E-state index in [4.69, 9.17) is 4.74 Å². The lowest BCUT2D eigenvalue weighted by Crippen LogP contribution is -2.43. The Hall–Kier alpha value is -2.14. The van der Waals surface area contributed by atoms with E-state index < -0.39 is 0 Å². The Morgan fingerprint density at radius 1 is 1.29 bits per heavy atom. The molecule has 2 heterocycles. The number of amides is 1. The molecule has 1 fully saturated rings. The number of ether oxygens (including phenoxy) is 1. The van der Waals surface area contributed by atoms with Gasteiger partial charge in [0.25, 0.3) is 0 Å². The molecule has 128 valence electrons. The zero-order valence-electron chi connectivity index (χ0n) is 14.7. The van der Waals surface area contributed by atoms with Crippen molar-refractivity contribution >= 4 is 5.91 Å². The van der Waals surface area contributed by atoms with Crippen molar-refractivity contribution in [2.24, 2.45) is 7.05 Å². The zero-order valence-corrected chi connectivity index (χ0v) is 14.7. The highest BCUT2D eigenvalue weighted by atomic mass is 16.5. The van der Waals surface area contributed by atoms with Crippen LogP contribution in [0.4, 0.5) is 0 Å². The van der Waals surface area contributed by atoms with Crippen LogP contribution >= 0.6 is 0 Å². The third kappa shape index (κ3) is 3.36. The highest BCUT2D eigenvalue weighted by molar-refractivity contribution is 5.77. The summed E-state index contributed by atoms with van der Waals surface area (Å²) in [5, 5.41) is 4.50. The van der Waals surface area contributed by atoms with Gasteiger partial charge in [0, 0.05) is 31.3 Å². The molecule has 1 aliphatic heterocycles. The quantitative estimate of drug-likeness (QED) is 0.867. The minimum atomic E-state index is -0.0317. The van der Waals surface area contributed by atoms with Gasteiger partial charge in [-0.25, -0.2) is 0 Å². The fourth-order valence-electron chi connectivity index (χ4n) is 3.45. The second-order valence-corrected chi connectivity index (χ2v) is 6.37. The van der Waals surface area contributed by atoms with Crippen LogP contribution in [0.5, 0.6) is 0 Å². The van der Waals surface area contributed by atoms with Crippen molar-refractivity contribution in [2.75, 3.05) is 19.8 Å². The first kappa shape index (κ1) is 16.7. The number of aromatic nitrogens is 2. The van der Waals surface area contributed by atoms with Gasteiger partial charge in [-0.2, -0.15) is 5.10 Å². The first-order valence-electron chi connectivity index (χ1n) is 8.49. The van der Waals surface area contributed by atoms with Crippen molar-refractivity contribution in [3.8, 4) is 0 Å². The van der Waals surface area contributed by atoms with E-state index >= 15 is 0 Å². The molecule has 3 rings (SSSR count). The zero-order chi connectivity index (χ0) is 17.1. The number of carbonyl (C=O) groups is 1. The molecule has 1 amide bonds. The van der Waals surface area contributed by atoms with Gasteiger partial charge in [0.05, 0.1) is 24.9 Å². The van der Waals surface area contributed by atoms with Gasteiger partial charge in [0.15, 0.2) is 0 Å². The lowest BCUT2D eigenvalue weighted by atomic mass is 10.0. The summed E-state index contributed by atoms with van der Waals surface area (Å²) in [5.41, 5.74) is 4.41. The monoisotopic (exact) mass is 327 g/mol. The van der Waals surface area contributed by atoms with E-state index in [0.717, 1.165) is 23.4 Å². The molecular weight excluding hydrogens is 302 g/mol. The van der Waals surface area contributed by atoms with E-state index in [1.807, 2.05) is 41.8 Å². The Morgan fingerprint density at radius 2 is 2.04 bits per heavy atom. The Morgan fingerprint density at radius 3 is 2.71 bits per heavy atom. The molecule has 2 aromatic rings. The molecule has 1 atom stereocenters. The lowest BCUT2D eigenvalue weighted by Gasteiger charge is -2.36. The largest absolute Gasteiger partial charge is 0.377 e. The molecule has 0 saturated carbocycles. The van der Waals surface area contributed by atoms with Crippen molar-refractivity contribution in [2.45, 2.75) is 32.7 Å². The third-order valence-electron chi connectivity index (χ3n) is 4.82. The number of benzene rings is 1. The van der Waals surface area contributed by atoms with E-state index in [2.05, 4.69) is 24.2 Å². The van der Waals surface area contributed by atoms with E-state index in [0.29, 0.717) is 26.2 Å². The minimum Gasteiger partial charge on any atom is -0.377 e. The average molecular weight is 327 g/mol. The first-order chi connectivity index (χ1) is 11.6. The Balaban J connectivity index is 1.75. The second kappa shape index (κ2) is 7.18. The maximum absolute atomic E-state index is 12.8. The molecule has 0 radical (unpaired) electrons. The fourth-order valence-corrected chi connectivity index (χ4v) is 3.45. The van der Waals surface area contributed by atoms with Crippen molar-refractivity contribution in [3.63, 3.8) is 0 Å². The van der Waals surface area contributed by atoms with Crippen LogP contribution in [-0.2, 0) is 23.0 Å². The van der Waals surface area contributed by atoms with Crippen LogP contribution in [0.1, 0.15) is 35.0 Å². The molecule has 1 unspecified atom stereocenters. The van der Waals surface area contributed by atoms with Crippen molar-refractivity contribution in [3.05, 3.63) is 52.8 Å². The van der Waals surface area contributed by atoms with Crippen LogP contribution in [0.3, 0.4) is 0 Å². The number of carbonyl (C=O) groups excluding carboxylic acids is 1. The van der Waals surface area contributed by atoms with E-state index in [9.17, 15) is 4.79 Å². The van der Waals surface area contributed by atoms with Crippen LogP contribution in [-0.4, -0.2) is 40.3 Å². The van der Waals surface area contributed by atoms with Gasteiger partial charge in [-0.15, -0.1) is 0 Å². The van der Waals surface area contributed by atoms with E-state index in [1.165, 1.54) is 5.56 Å². The number of nitrogens with zero attached hydrogens (tertiary/aromatic N) is 3. The summed E-state index contributed by atoms with van der Waals surface area (Å²) in [6.45, 7) is 5.85. The number of hydrogen-bond donors (Lipinski definition) is 0. The Kier molecular flexibility index (Phi) is 5.00. The fraction of sp³-hybridized carbons (Fsp3) is 0.474. The van der Waals surface area contributed by atoms with Crippen LogP contribution in [0.15, 0.2) is 30.3 Å². The summed E-state index contributed by atoms with van der Waals surface area (Å²) in [6, 6.07) is 10.1. The SMILES string of the molecule is Cc1nn(C)c(C)c1C1COCCN1C(=O)CCc1ccccc1. The number of hydrogen-bond acceptors (Lipinski definition) is 3. The van der Waals surface area contributed by atoms with Crippen LogP contribution in [0.2, 0.25) is 0 Å². The average Bonchev–Trinajstić information content (AvgIpc) is 2.86. The van der Waals surface area contributed by atoms with Crippen molar-refractivity contribution < 1.29 is 9.53 Å². The highest BCUT2D eigenvalue weighted by Crippen LogP contribution is 2.29. The summed E-state index contributed by atoms with van der Waals surface area (Å²) in [6.07, 6.45) is 1.30. The maximum Gasteiger partial charge on any atom is 0.223 e. The summed E-state index contributed by atoms with van der Waals surface area (Å²) in [5.74, 6) is 0.190.